The van der Waals surface area contributed by atoms with Crippen molar-refractivity contribution in [1.29, 1.82) is 0 Å². The van der Waals surface area contributed by atoms with Crippen LogP contribution in [-0.4, -0.2) is 7.05 Å². The fraction of sp³-hybridized carbons (Fsp3) is 0.250. The van der Waals surface area contributed by atoms with Crippen LogP contribution < -0.4 is 5.32 Å². The van der Waals surface area contributed by atoms with Crippen molar-refractivity contribution in [3.05, 3.63) is 35.4 Å². The molecule has 0 aliphatic rings. The molecular formula is C8H8F2N. The molecule has 0 saturated carbocycles. The highest BCUT2D eigenvalue weighted by Gasteiger charge is 2.00. The van der Waals surface area contributed by atoms with Crippen LogP contribution in [-0.2, 0) is 6.54 Å². The Morgan fingerprint density at radius 1 is 1.27 bits per heavy atom. The number of halogens is 2. The minimum absolute atomic E-state index is 0.428. The van der Waals surface area contributed by atoms with Gasteiger partial charge in [0.15, 0.2) is 11.6 Å². The summed E-state index contributed by atoms with van der Waals surface area (Å²) in [4.78, 5) is 0. The van der Waals surface area contributed by atoms with E-state index in [4.69, 9.17) is 0 Å². The standard InChI is InChI=1S/C8H8F2N/c1-11-5-6-2-3-7(9)8(10)4-6/h2-4H,5H2,1H3. The van der Waals surface area contributed by atoms with Crippen LogP contribution in [0.25, 0.3) is 0 Å². The van der Waals surface area contributed by atoms with Gasteiger partial charge in [-0.2, -0.15) is 0 Å². The van der Waals surface area contributed by atoms with Crippen molar-refractivity contribution in [3.8, 4) is 0 Å². The van der Waals surface area contributed by atoms with Crippen LogP contribution in [0.2, 0.25) is 0 Å². The predicted molar refractivity (Wildman–Crippen MR) is 38.1 cm³/mol. The molecule has 0 heterocycles. The summed E-state index contributed by atoms with van der Waals surface area (Å²) in [7, 11) is 1.63. The molecule has 0 bridgehead atoms. The van der Waals surface area contributed by atoms with Crippen LogP contribution in [0.3, 0.4) is 0 Å². The lowest BCUT2D eigenvalue weighted by Crippen LogP contribution is -1.98. The molecule has 0 unspecified atom stereocenters. The van der Waals surface area contributed by atoms with E-state index < -0.39 is 11.6 Å². The molecule has 0 amide bonds. The van der Waals surface area contributed by atoms with Crippen molar-refractivity contribution in [1.82, 2.24) is 5.32 Å². The second kappa shape index (κ2) is 3.44. The number of nitrogens with zero attached hydrogens (tertiary/aromatic N) is 1. The summed E-state index contributed by atoms with van der Waals surface area (Å²) in [5, 5.41) is 3.79. The van der Waals surface area contributed by atoms with Crippen molar-refractivity contribution in [2.24, 2.45) is 0 Å². The Hall–Kier alpha value is -0.960. The van der Waals surface area contributed by atoms with E-state index in [-0.39, 0.29) is 0 Å². The molecule has 59 valence electrons. The SMILES string of the molecule is C[N]Cc1ccc(F)c(F)c1. The smallest absolute Gasteiger partial charge is 0.159 e. The summed E-state index contributed by atoms with van der Waals surface area (Å²) in [6.07, 6.45) is 0. The summed E-state index contributed by atoms with van der Waals surface area (Å²) in [6.45, 7) is 0.428. The molecule has 11 heavy (non-hydrogen) atoms. The topological polar surface area (TPSA) is 14.1 Å². The first kappa shape index (κ1) is 8.14. The van der Waals surface area contributed by atoms with Crippen LogP contribution in [0, 0.1) is 11.6 Å². The molecule has 0 aromatic heterocycles. The number of benzene rings is 1. The Labute approximate surface area is 64.0 Å². The molecule has 3 heteroatoms. The summed E-state index contributed by atoms with van der Waals surface area (Å²) < 4.78 is 24.8. The zero-order valence-corrected chi connectivity index (χ0v) is 6.14. The van der Waals surface area contributed by atoms with Gasteiger partial charge >= 0.3 is 0 Å². The molecule has 1 radical (unpaired) electrons. The van der Waals surface area contributed by atoms with Gasteiger partial charge in [0, 0.05) is 13.6 Å². The second-order valence-electron chi connectivity index (χ2n) is 2.22. The number of rotatable bonds is 2. The van der Waals surface area contributed by atoms with Gasteiger partial charge < -0.3 is 0 Å². The van der Waals surface area contributed by atoms with E-state index >= 15 is 0 Å². The molecule has 1 aromatic carbocycles. The van der Waals surface area contributed by atoms with Crippen LogP contribution in [0.1, 0.15) is 5.56 Å². The Morgan fingerprint density at radius 3 is 2.55 bits per heavy atom. The number of hydrogen-bond acceptors (Lipinski definition) is 0. The molecule has 0 fully saturated rings. The van der Waals surface area contributed by atoms with Gasteiger partial charge in [0.25, 0.3) is 0 Å². The third kappa shape index (κ3) is 1.98. The van der Waals surface area contributed by atoms with Crippen molar-refractivity contribution in [2.75, 3.05) is 7.05 Å². The van der Waals surface area contributed by atoms with Gasteiger partial charge in [-0.3, -0.25) is 0 Å². The molecule has 1 aromatic rings. The molecule has 1 rings (SSSR count). The average molecular weight is 156 g/mol. The quantitative estimate of drug-likeness (QED) is 0.618. The van der Waals surface area contributed by atoms with Gasteiger partial charge in [-0.15, -0.1) is 0 Å². The minimum atomic E-state index is -0.815. The molecule has 0 N–H and O–H groups in total. The first-order valence-electron chi connectivity index (χ1n) is 3.23. The third-order valence-corrected chi connectivity index (χ3v) is 1.32. The predicted octanol–water partition coefficient (Wildman–Crippen LogP) is 1.70. The number of hydrogen-bond donors (Lipinski definition) is 0. The van der Waals surface area contributed by atoms with E-state index in [2.05, 4.69) is 5.32 Å². The molecule has 0 aliphatic heterocycles. The van der Waals surface area contributed by atoms with Gasteiger partial charge in [-0.05, 0) is 17.7 Å². The highest BCUT2D eigenvalue weighted by molar-refractivity contribution is 5.17. The molecule has 0 aliphatic carbocycles. The van der Waals surface area contributed by atoms with Crippen molar-refractivity contribution in [2.45, 2.75) is 6.54 Å². The van der Waals surface area contributed by atoms with Crippen LogP contribution >= 0.6 is 0 Å². The van der Waals surface area contributed by atoms with Crippen molar-refractivity contribution < 1.29 is 8.78 Å². The zero-order chi connectivity index (χ0) is 8.27. The Kier molecular flexibility index (Phi) is 2.54. The lowest BCUT2D eigenvalue weighted by molar-refractivity contribution is 0.506. The first-order valence-corrected chi connectivity index (χ1v) is 3.23. The van der Waals surface area contributed by atoms with E-state index in [1.807, 2.05) is 0 Å². The molecule has 0 atom stereocenters. The highest BCUT2D eigenvalue weighted by atomic mass is 19.2. The van der Waals surface area contributed by atoms with E-state index in [1.165, 1.54) is 6.07 Å². The highest BCUT2D eigenvalue weighted by Crippen LogP contribution is 2.08. The maximum Gasteiger partial charge on any atom is 0.159 e. The van der Waals surface area contributed by atoms with E-state index in [1.54, 1.807) is 7.05 Å². The van der Waals surface area contributed by atoms with Crippen LogP contribution in [0.15, 0.2) is 18.2 Å². The van der Waals surface area contributed by atoms with E-state index in [0.717, 1.165) is 12.1 Å². The lowest BCUT2D eigenvalue weighted by Gasteiger charge is -1.98. The maximum atomic E-state index is 12.5. The van der Waals surface area contributed by atoms with Gasteiger partial charge in [0.2, 0.25) is 0 Å². The minimum Gasteiger partial charge on any atom is -0.240 e. The average Bonchev–Trinajstić information content (AvgIpc) is 1.98. The van der Waals surface area contributed by atoms with Gasteiger partial charge in [-0.25, -0.2) is 14.1 Å². The molecule has 1 nitrogen and oxygen atoms in total. The summed E-state index contributed by atoms with van der Waals surface area (Å²) in [5.41, 5.74) is 0.686. The molecular weight excluding hydrogens is 148 g/mol. The summed E-state index contributed by atoms with van der Waals surface area (Å²) in [6, 6.07) is 3.78. The first-order chi connectivity index (χ1) is 5.24. The van der Waals surface area contributed by atoms with Crippen molar-refractivity contribution >= 4 is 0 Å². The zero-order valence-electron chi connectivity index (χ0n) is 6.14. The van der Waals surface area contributed by atoms with Gasteiger partial charge in [0.1, 0.15) is 0 Å². The molecule has 0 saturated heterocycles. The van der Waals surface area contributed by atoms with Crippen LogP contribution in [0.4, 0.5) is 8.78 Å². The Morgan fingerprint density at radius 2 is 2.00 bits per heavy atom. The summed E-state index contributed by atoms with van der Waals surface area (Å²) >= 11 is 0. The van der Waals surface area contributed by atoms with Gasteiger partial charge in [0.05, 0.1) is 0 Å². The van der Waals surface area contributed by atoms with E-state index in [9.17, 15) is 8.78 Å². The maximum absolute atomic E-state index is 12.5. The van der Waals surface area contributed by atoms with Crippen LogP contribution in [0.5, 0.6) is 0 Å². The summed E-state index contributed by atoms with van der Waals surface area (Å²) in [5.74, 6) is -1.63. The fourth-order valence-corrected chi connectivity index (χ4v) is 0.821. The van der Waals surface area contributed by atoms with Crippen molar-refractivity contribution in [3.63, 3.8) is 0 Å². The normalized spacial score (nSPS) is 10.1. The monoisotopic (exact) mass is 156 g/mol. The lowest BCUT2D eigenvalue weighted by atomic mass is 10.2. The Balaban J connectivity index is 2.86. The fourth-order valence-electron chi connectivity index (χ4n) is 0.821. The third-order valence-electron chi connectivity index (χ3n) is 1.32. The molecule has 0 spiro atoms. The van der Waals surface area contributed by atoms with E-state index in [0.29, 0.717) is 12.1 Å². The largest absolute Gasteiger partial charge is 0.240 e. The Bertz CT molecular complexity index is 248. The second-order valence-corrected chi connectivity index (χ2v) is 2.22. The van der Waals surface area contributed by atoms with Gasteiger partial charge in [-0.1, -0.05) is 6.07 Å².